The summed E-state index contributed by atoms with van der Waals surface area (Å²) in [6.07, 6.45) is -4.41. The number of carbonyl (C=O) groups is 1. The summed E-state index contributed by atoms with van der Waals surface area (Å²) in [5.41, 5.74) is -0.767. The van der Waals surface area contributed by atoms with Crippen LogP contribution in [0.5, 0.6) is 11.5 Å². The lowest BCUT2D eigenvalue weighted by Crippen LogP contribution is -2.43. The molecule has 1 atom stereocenters. The summed E-state index contributed by atoms with van der Waals surface area (Å²) in [7, 11) is 0. The van der Waals surface area contributed by atoms with Crippen molar-refractivity contribution in [1.82, 2.24) is 0 Å². The van der Waals surface area contributed by atoms with Crippen LogP contribution in [-0.2, 0) is 20.4 Å². The molecule has 1 unspecified atom stereocenters. The quantitative estimate of drug-likeness (QED) is 0.490. The molecule has 1 aliphatic heterocycles. The summed E-state index contributed by atoms with van der Waals surface area (Å²) in [4.78, 5) is 11.6. The molecule has 0 radical (unpaired) electrons. The van der Waals surface area contributed by atoms with Crippen LogP contribution in [0.4, 0.5) is 13.2 Å². The number of hydrogen-bond donors (Lipinski definition) is 1. The highest BCUT2D eigenvalue weighted by molar-refractivity contribution is 7.99. The van der Waals surface area contributed by atoms with E-state index >= 15 is 0 Å². The largest absolute Gasteiger partial charge is 0.490 e. The van der Waals surface area contributed by atoms with Crippen molar-refractivity contribution >= 4 is 17.7 Å². The van der Waals surface area contributed by atoms with E-state index in [-0.39, 0.29) is 13.2 Å². The van der Waals surface area contributed by atoms with Crippen molar-refractivity contribution in [3.8, 4) is 11.5 Å². The van der Waals surface area contributed by atoms with Crippen LogP contribution in [0.25, 0.3) is 0 Å². The second kappa shape index (κ2) is 9.82. The third kappa shape index (κ3) is 7.02. The lowest BCUT2D eigenvalue weighted by Gasteiger charge is -2.29. The molecule has 1 heterocycles. The number of carboxylic acid groups (broad SMARTS) is 1. The normalized spacial score (nSPS) is 19.9. The van der Waals surface area contributed by atoms with Crippen molar-refractivity contribution in [3.05, 3.63) is 53.6 Å². The molecule has 2 aromatic rings. The Morgan fingerprint density at radius 3 is 2.39 bits per heavy atom. The monoisotopic (exact) mass is 486 g/mol. The van der Waals surface area contributed by atoms with Gasteiger partial charge in [0.25, 0.3) is 0 Å². The predicted octanol–water partition coefficient (Wildman–Crippen LogP) is 5.17. The van der Waals surface area contributed by atoms with Crippen molar-refractivity contribution in [1.29, 1.82) is 0 Å². The van der Waals surface area contributed by atoms with Gasteiger partial charge in [0, 0.05) is 10.6 Å². The van der Waals surface area contributed by atoms with Gasteiger partial charge in [-0.15, -0.1) is 11.8 Å². The highest BCUT2D eigenvalue weighted by Gasteiger charge is 2.46. The van der Waals surface area contributed by atoms with Crippen molar-refractivity contribution < 1.29 is 42.0 Å². The molecular weight excluding hydrogens is 461 g/mol. The van der Waals surface area contributed by atoms with E-state index in [2.05, 4.69) is 0 Å². The number of thioether (sulfide) groups is 1. The van der Waals surface area contributed by atoms with Crippen molar-refractivity contribution in [2.45, 2.75) is 43.2 Å². The van der Waals surface area contributed by atoms with E-state index in [4.69, 9.17) is 24.1 Å². The molecule has 0 bridgehead atoms. The van der Waals surface area contributed by atoms with Crippen molar-refractivity contribution in [2.24, 2.45) is 0 Å². The predicted molar refractivity (Wildman–Crippen MR) is 116 cm³/mol. The van der Waals surface area contributed by atoms with Crippen LogP contribution < -0.4 is 9.47 Å². The van der Waals surface area contributed by atoms with Crippen LogP contribution in [-0.4, -0.2) is 48.0 Å². The summed E-state index contributed by atoms with van der Waals surface area (Å²) in [6.45, 7) is 5.33. The molecule has 3 rings (SSSR count). The zero-order valence-electron chi connectivity index (χ0n) is 18.4. The van der Waals surface area contributed by atoms with Gasteiger partial charge < -0.3 is 24.1 Å². The minimum absolute atomic E-state index is 0.0909. The summed E-state index contributed by atoms with van der Waals surface area (Å²) < 4.78 is 61.3. The molecule has 1 fully saturated rings. The number of ether oxygens (including phenoxy) is 4. The molecule has 0 aromatic heterocycles. The summed E-state index contributed by atoms with van der Waals surface area (Å²) in [5.74, 6) is -0.621. The molecule has 0 aliphatic carbocycles. The number of halogens is 3. The molecule has 2 aromatic carbocycles. The standard InChI is InChI=1S/C23H25F3O6S/c1-15-10-18(8-9-19(15)29-11-20(27)28)33-14-22(13-31-21(2,3)32-22)12-30-17-6-4-16(5-7-17)23(24,25)26/h4-10H,11-14H2,1-3H3,(H,27,28). The van der Waals surface area contributed by atoms with E-state index in [1.807, 2.05) is 19.1 Å². The highest BCUT2D eigenvalue weighted by Crippen LogP contribution is 2.37. The van der Waals surface area contributed by atoms with Crippen molar-refractivity contribution in [3.63, 3.8) is 0 Å². The Hall–Kier alpha value is -2.43. The summed E-state index contributed by atoms with van der Waals surface area (Å²) in [6, 6.07) is 9.93. The lowest BCUT2D eigenvalue weighted by atomic mass is 10.1. The smallest absolute Gasteiger partial charge is 0.416 e. The van der Waals surface area contributed by atoms with Gasteiger partial charge in [-0.25, -0.2) is 4.79 Å². The van der Waals surface area contributed by atoms with Gasteiger partial charge >= 0.3 is 12.1 Å². The Labute approximate surface area is 194 Å². The van der Waals surface area contributed by atoms with Gasteiger partial charge in [0.05, 0.1) is 12.2 Å². The van der Waals surface area contributed by atoms with E-state index in [1.54, 1.807) is 19.9 Å². The van der Waals surface area contributed by atoms with E-state index in [0.29, 0.717) is 17.3 Å². The van der Waals surface area contributed by atoms with Gasteiger partial charge in [0.1, 0.15) is 23.7 Å². The van der Waals surface area contributed by atoms with Crippen LogP contribution in [0, 0.1) is 6.92 Å². The molecular formula is C23H25F3O6S. The fourth-order valence-electron chi connectivity index (χ4n) is 3.25. The average Bonchev–Trinajstić information content (AvgIpc) is 3.05. The number of aliphatic carboxylic acids is 1. The number of rotatable bonds is 9. The summed E-state index contributed by atoms with van der Waals surface area (Å²) in [5, 5.41) is 8.76. The van der Waals surface area contributed by atoms with E-state index in [0.717, 1.165) is 22.6 Å². The zero-order chi connectivity index (χ0) is 24.3. The highest BCUT2D eigenvalue weighted by atomic mass is 32.2. The second-order valence-electron chi connectivity index (χ2n) is 8.18. The Morgan fingerprint density at radius 2 is 1.85 bits per heavy atom. The number of aryl methyl sites for hydroxylation is 1. The first kappa shape index (κ1) is 25.2. The molecule has 0 saturated carbocycles. The average molecular weight is 487 g/mol. The molecule has 6 nitrogen and oxygen atoms in total. The van der Waals surface area contributed by atoms with Gasteiger partial charge in [-0.05, 0) is 68.8 Å². The number of carboxylic acids is 1. The Kier molecular flexibility index (Phi) is 7.50. The van der Waals surface area contributed by atoms with Gasteiger partial charge in [-0.2, -0.15) is 13.2 Å². The molecule has 1 N–H and O–H groups in total. The molecule has 0 spiro atoms. The molecule has 33 heavy (non-hydrogen) atoms. The zero-order valence-corrected chi connectivity index (χ0v) is 19.2. The van der Waals surface area contributed by atoms with Gasteiger partial charge in [-0.1, -0.05) is 0 Å². The Bertz CT molecular complexity index is 977. The second-order valence-corrected chi connectivity index (χ2v) is 9.23. The van der Waals surface area contributed by atoms with Gasteiger partial charge in [0.2, 0.25) is 0 Å². The molecule has 1 aliphatic rings. The first-order valence-electron chi connectivity index (χ1n) is 10.1. The van der Waals surface area contributed by atoms with Crippen LogP contribution >= 0.6 is 11.8 Å². The maximum absolute atomic E-state index is 12.8. The number of alkyl halides is 3. The Morgan fingerprint density at radius 1 is 1.15 bits per heavy atom. The van der Waals surface area contributed by atoms with Crippen LogP contribution in [0.3, 0.4) is 0 Å². The Balaban J connectivity index is 1.66. The number of benzene rings is 2. The minimum Gasteiger partial charge on any atom is -0.490 e. The first-order valence-corrected chi connectivity index (χ1v) is 11.1. The molecule has 0 amide bonds. The minimum atomic E-state index is -4.41. The van der Waals surface area contributed by atoms with E-state index in [1.165, 1.54) is 23.9 Å². The van der Waals surface area contributed by atoms with Crippen LogP contribution in [0.15, 0.2) is 47.4 Å². The third-order valence-corrected chi connectivity index (χ3v) is 6.09. The third-order valence-electron chi connectivity index (χ3n) is 4.83. The van der Waals surface area contributed by atoms with Crippen LogP contribution in [0.1, 0.15) is 25.0 Å². The first-order chi connectivity index (χ1) is 15.4. The molecule has 10 heteroatoms. The molecule has 180 valence electrons. The van der Waals surface area contributed by atoms with Crippen molar-refractivity contribution in [2.75, 3.05) is 25.6 Å². The summed E-state index contributed by atoms with van der Waals surface area (Å²) >= 11 is 1.50. The maximum atomic E-state index is 12.8. The maximum Gasteiger partial charge on any atom is 0.416 e. The van der Waals surface area contributed by atoms with Crippen LogP contribution in [0.2, 0.25) is 0 Å². The lowest BCUT2D eigenvalue weighted by molar-refractivity contribution is -0.161. The van der Waals surface area contributed by atoms with Gasteiger partial charge in [0.15, 0.2) is 12.4 Å². The fourth-order valence-corrected chi connectivity index (χ4v) is 4.33. The van der Waals surface area contributed by atoms with E-state index in [9.17, 15) is 18.0 Å². The topological polar surface area (TPSA) is 74.2 Å². The van der Waals surface area contributed by atoms with E-state index < -0.39 is 35.7 Å². The van der Waals surface area contributed by atoms with Gasteiger partial charge in [-0.3, -0.25) is 0 Å². The molecule has 1 saturated heterocycles. The number of hydrogen-bond acceptors (Lipinski definition) is 6. The SMILES string of the molecule is Cc1cc(SCC2(COc3ccc(C(F)(F)F)cc3)COC(C)(C)O2)ccc1OCC(=O)O. The fraction of sp³-hybridized carbons (Fsp3) is 0.435.